The fourth-order valence-corrected chi connectivity index (χ4v) is 6.08. The summed E-state index contributed by atoms with van der Waals surface area (Å²) in [6, 6.07) is -1.47. The summed E-state index contributed by atoms with van der Waals surface area (Å²) in [5.74, 6) is -1.79. The molecule has 0 radical (unpaired) electrons. The van der Waals surface area contributed by atoms with Crippen molar-refractivity contribution in [2.75, 3.05) is 26.4 Å². The number of nitrogens with two attached hydrogens (primary N) is 1. The second kappa shape index (κ2) is 35.8. The number of carboxylic acid groups (broad SMARTS) is 1. The summed E-state index contributed by atoms with van der Waals surface area (Å²) in [6.45, 7) is 3.83. The van der Waals surface area contributed by atoms with Crippen molar-refractivity contribution in [2.24, 2.45) is 5.73 Å². The first kappa shape index (κ1) is 48.5. The molecule has 0 bridgehead atoms. The Kier molecular flexibility index (Phi) is 34.7. The minimum absolute atomic E-state index is 0.0113. The Labute approximate surface area is 304 Å². The number of unbranched alkanes of at least 4 members (excludes halogenated alkanes) is 20. The van der Waals surface area contributed by atoms with Crippen molar-refractivity contribution in [3.63, 3.8) is 0 Å². The predicted octanol–water partition coefficient (Wildman–Crippen LogP) is 10.4. The Morgan fingerprint density at radius 3 is 1.54 bits per heavy atom. The quantitative estimate of drug-likeness (QED) is 0.0242. The highest BCUT2D eigenvalue weighted by Crippen LogP contribution is 2.43. The van der Waals surface area contributed by atoms with Gasteiger partial charge in [-0.15, -0.1) is 0 Å². The summed E-state index contributed by atoms with van der Waals surface area (Å²) in [6.07, 6.45) is 36.5. The highest BCUT2D eigenvalue weighted by Gasteiger charge is 2.27. The minimum atomic E-state index is -4.61. The van der Waals surface area contributed by atoms with Crippen LogP contribution in [0.1, 0.15) is 174 Å². The van der Waals surface area contributed by atoms with E-state index in [2.05, 4.69) is 38.2 Å². The van der Waals surface area contributed by atoms with Crippen LogP contribution in [0.2, 0.25) is 0 Å². The average Bonchev–Trinajstić information content (AvgIpc) is 3.09. The highest BCUT2D eigenvalue weighted by molar-refractivity contribution is 7.47. The van der Waals surface area contributed by atoms with E-state index in [0.717, 1.165) is 57.8 Å². The Balaban J connectivity index is 4.30. The number of hydrogen-bond donors (Lipinski definition) is 3. The summed E-state index contributed by atoms with van der Waals surface area (Å²) >= 11 is 0. The number of phosphoric acid groups is 1. The molecule has 11 heteroatoms. The molecule has 0 heterocycles. The molecule has 3 atom stereocenters. The van der Waals surface area contributed by atoms with Gasteiger partial charge in [0.1, 0.15) is 12.1 Å². The zero-order valence-electron chi connectivity index (χ0n) is 31.7. The molecule has 0 aliphatic rings. The molecule has 0 aliphatic carbocycles. The molecule has 0 aromatic carbocycles. The maximum Gasteiger partial charge on any atom is 0.472 e. The molecule has 0 amide bonds. The van der Waals surface area contributed by atoms with Gasteiger partial charge in [-0.3, -0.25) is 18.6 Å². The number of carboxylic acids is 1. The Bertz CT molecular complexity index is 899. The molecular weight excluding hydrogens is 657 g/mol. The third-order valence-electron chi connectivity index (χ3n) is 8.45. The van der Waals surface area contributed by atoms with Crippen LogP contribution in [0, 0.1) is 0 Å². The lowest BCUT2D eigenvalue weighted by Crippen LogP contribution is -2.34. The molecule has 50 heavy (non-hydrogen) atoms. The molecule has 10 nitrogen and oxygen atoms in total. The second-order valence-corrected chi connectivity index (χ2v) is 14.9. The predicted molar refractivity (Wildman–Crippen MR) is 203 cm³/mol. The van der Waals surface area contributed by atoms with Crippen molar-refractivity contribution >= 4 is 19.8 Å². The number of carbonyl (C=O) groups is 2. The molecule has 294 valence electrons. The fourth-order valence-electron chi connectivity index (χ4n) is 5.30. The average molecular weight is 732 g/mol. The highest BCUT2D eigenvalue weighted by atomic mass is 31.2. The SMILES string of the molecule is CCCCCC/C=C\CCCCCCCC(=O)OC(COCCCCCCCC/C=C\CCCCCCC)COP(=O)(O)OCC(N)C(=O)O. The number of rotatable bonds is 38. The van der Waals surface area contributed by atoms with Gasteiger partial charge in [0.15, 0.2) is 0 Å². The number of aliphatic carboxylic acids is 1. The van der Waals surface area contributed by atoms with Crippen LogP contribution in [-0.4, -0.2) is 60.5 Å². The van der Waals surface area contributed by atoms with Crippen molar-refractivity contribution in [2.45, 2.75) is 187 Å². The van der Waals surface area contributed by atoms with Crippen molar-refractivity contribution < 1.29 is 42.7 Å². The maximum atomic E-state index is 12.6. The molecule has 0 spiro atoms. The van der Waals surface area contributed by atoms with Gasteiger partial charge in [0, 0.05) is 13.0 Å². The van der Waals surface area contributed by atoms with E-state index in [1.807, 2.05) is 0 Å². The summed E-state index contributed by atoms with van der Waals surface area (Å²) in [5.41, 5.74) is 5.34. The number of esters is 1. The normalized spacial score (nSPS) is 14.3. The van der Waals surface area contributed by atoms with Crippen molar-refractivity contribution in [1.82, 2.24) is 0 Å². The molecular formula is C39H74NO9P. The number of allylic oxidation sites excluding steroid dienone is 4. The van der Waals surface area contributed by atoms with Crippen molar-refractivity contribution in [3.8, 4) is 0 Å². The number of carbonyl (C=O) groups excluding carboxylic acids is 1. The topological polar surface area (TPSA) is 155 Å². The van der Waals surface area contributed by atoms with Crippen LogP contribution in [0.3, 0.4) is 0 Å². The molecule has 0 fully saturated rings. The van der Waals surface area contributed by atoms with Gasteiger partial charge < -0.3 is 25.2 Å². The van der Waals surface area contributed by atoms with Crippen molar-refractivity contribution in [1.29, 1.82) is 0 Å². The van der Waals surface area contributed by atoms with Crippen LogP contribution < -0.4 is 5.73 Å². The zero-order chi connectivity index (χ0) is 37.0. The van der Waals surface area contributed by atoms with Crippen LogP contribution >= 0.6 is 7.82 Å². The van der Waals surface area contributed by atoms with Gasteiger partial charge in [-0.25, -0.2) is 4.57 Å². The van der Waals surface area contributed by atoms with E-state index < -0.39 is 45.1 Å². The Morgan fingerprint density at radius 1 is 0.620 bits per heavy atom. The van der Waals surface area contributed by atoms with Crippen LogP contribution in [0.5, 0.6) is 0 Å². The first-order chi connectivity index (χ1) is 24.2. The van der Waals surface area contributed by atoms with E-state index in [1.165, 1.54) is 89.9 Å². The third-order valence-corrected chi connectivity index (χ3v) is 9.40. The number of ether oxygens (including phenoxy) is 2. The largest absolute Gasteiger partial charge is 0.480 e. The van der Waals surface area contributed by atoms with E-state index in [1.54, 1.807) is 0 Å². The Hall–Kier alpha value is -1.55. The van der Waals surface area contributed by atoms with Crippen LogP contribution in [0.4, 0.5) is 0 Å². The Morgan fingerprint density at radius 2 is 1.04 bits per heavy atom. The standard InChI is InChI=1S/C39H74NO9P/c1-3-5-7-9-11-13-15-17-18-20-22-24-26-28-30-32-46-33-36(34-47-50(44,45)48-35-37(40)39(42)43)49-38(41)31-29-27-25-23-21-19-16-14-12-10-8-6-4-2/h14-17,36-37H,3-13,18-35,40H2,1-2H3,(H,42,43)(H,44,45)/b16-14-,17-15-. The summed E-state index contributed by atoms with van der Waals surface area (Å²) in [5, 5.41) is 8.87. The lowest BCUT2D eigenvalue weighted by atomic mass is 10.1. The van der Waals surface area contributed by atoms with Gasteiger partial charge in [-0.1, -0.05) is 128 Å². The summed E-state index contributed by atoms with van der Waals surface area (Å²) < 4.78 is 33.2. The molecule has 4 N–H and O–H groups in total. The number of hydrogen-bond acceptors (Lipinski definition) is 8. The van der Waals surface area contributed by atoms with Gasteiger partial charge in [0.25, 0.3) is 0 Å². The van der Waals surface area contributed by atoms with Gasteiger partial charge in [0.05, 0.1) is 19.8 Å². The molecule has 0 aromatic heterocycles. The minimum Gasteiger partial charge on any atom is -0.480 e. The number of phosphoric ester groups is 1. The smallest absolute Gasteiger partial charge is 0.472 e. The van der Waals surface area contributed by atoms with Crippen LogP contribution in [0.15, 0.2) is 24.3 Å². The monoisotopic (exact) mass is 732 g/mol. The van der Waals surface area contributed by atoms with Gasteiger partial charge >= 0.3 is 19.8 Å². The van der Waals surface area contributed by atoms with E-state index in [0.29, 0.717) is 13.0 Å². The van der Waals surface area contributed by atoms with Crippen LogP contribution in [-0.2, 0) is 32.7 Å². The molecule has 3 unspecified atom stereocenters. The first-order valence-electron chi connectivity index (χ1n) is 19.9. The zero-order valence-corrected chi connectivity index (χ0v) is 32.6. The lowest BCUT2D eigenvalue weighted by Gasteiger charge is -2.20. The van der Waals surface area contributed by atoms with E-state index in [-0.39, 0.29) is 13.0 Å². The second-order valence-electron chi connectivity index (χ2n) is 13.4. The molecule has 0 aliphatic heterocycles. The molecule has 0 saturated heterocycles. The molecule has 0 aromatic rings. The van der Waals surface area contributed by atoms with Gasteiger partial charge in [0.2, 0.25) is 0 Å². The van der Waals surface area contributed by atoms with E-state index >= 15 is 0 Å². The summed E-state index contributed by atoms with van der Waals surface area (Å²) in [7, 11) is -4.61. The fraction of sp³-hybridized carbons (Fsp3) is 0.846. The van der Waals surface area contributed by atoms with E-state index in [4.69, 9.17) is 29.4 Å². The first-order valence-corrected chi connectivity index (χ1v) is 21.4. The lowest BCUT2D eigenvalue weighted by molar-refractivity contribution is -0.154. The summed E-state index contributed by atoms with van der Waals surface area (Å²) in [4.78, 5) is 33.4. The van der Waals surface area contributed by atoms with Crippen molar-refractivity contribution in [3.05, 3.63) is 24.3 Å². The third kappa shape index (κ3) is 34.9. The molecule has 0 rings (SSSR count). The van der Waals surface area contributed by atoms with Gasteiger partial charge in [-0.05, 0) is 64.2 Å². The van der Waals surface area contributed by atoms with E-state index in [9.17, 15) is 19.0 Å². The van der Waals surface area contributed by atoms with Crippen LogP contribution in [0.25, 0.3) is 0 Å². The maximum absolute atomic E-state index is 12.6. The molecule has 0 saturated carbocycles. The van der Waals surface area contributed by atoms with Gasteiger partial charge in [-0.2, -0.15) is 0 Å².